The Morgan fingerprint density at radius 1 is 1.17 bits per heavy atom. The van der Waals surface area contributed by atoms with Gasteiger partial charge in [-0.15, -0.1) is 0 Å². The molecule has 0 aromatic heterocycles. The predicted molar refractivity (Wildman–Crippen MR) is 45.3 cm³/mol. The van der Waals surface area contributed by atoms with Crippen molar-refractivity contribution in [3.8, 4) is 0 Å². The number of primary amides is 1. The Balaban J connectivity index is 2.67. The summed E-state index contributed by atoms with van der Waals surface area (Å²) in [4.78, 5) is 22.0. The molecular weight excluding hydrogens is 154 g/mol. The molecule has 1 aliphatic rings. The van der Waals surface area contributed by atoms with Crippen LogP contribution in [0.4, 0.5) is 0 Å². The Kier molecular flexibility index (Phi) is 2.84. The average molecular weight is 169 g/mol. The highest BCUT2D eigenvalue weighted by atomic mass is 16.1. The van der Waals surface area contributed by atoms with Crippen LogP contribution in [0, 0.1) is 11.8 Å². The minimum atomic E-state index is -0.310. The van der Waals surface area contributed by atoms with Crippen LogP contribution < -0.4 is 5.73 Å². The maximum Gasteiger partial charge on any atom is 0.221 e. The second-order valence-electron chi connectivity index (χ2n) is 3.51. The van der Waals surface area contributed by atoms with Crippen LogP contribution in [0.1, 0.15) is 32.6 Å². The van der Waals surface area contributed by atoms with Crippen LogP contribution in [-0.4, -0.2) is 11.7 Å². The fourth-order valence-corrected chi connectivity index (χ4v) is 1.96. The molecule has 0 spiro atoms. The third-order valence-electron chi connectivity index (χ3n) is 2.65. The molecule has 0 aliphatic heterocycles. The quantitative estimate of drug-likeness (QED) is 0.666. The maximum absolute atomic E-state index is 11.1. The Labute approximate surface area is 72.3 Å². The number of carbonyl (C=O) groups is 2. The van der Waals surface area contributed by atoms with Gasteiger partial charge < -0.3 is 5.73 Å². The van der Waals surface area contributed by atoms with E-state index in [0.717, 1.165) is 25.7 Å². The molecule has 0 bridgehead atoms. The number of rotatable bonds is 2. The Morgan fingerprint density at radius 2 is 1.67 bits per heavy atom. The number of hydrogen-bond donors (Lipinski definition) is 1. The van der Waals surface area contributed by atoms with E-state index in [1.54, 1.807) is 6.92 Å². The van der Waals surface area contributed by atoms with Crippen molar-refractivity contribution in [1.29, 1.82) is 0 Å². The molecule has 1 rings (SSSR count). The number of hydrogen-bond acceptors (Lipinski definition) is 2. The van der Waals surface area contributed by atoms with Crippen LogP contribution in [0.15, 0.2) is 0 Å². The molecule has 3 heteroatoms. The molecule has 0 radical (unpaired) electrons. The number of ketones is 1. The van der Waals surface area contributed by atoms with Gasteiger partial charge in [-0.1, -0.05) is 12.8 Å². The van der Waals surface area contributed by atoms with Crippen molar-refractivity contribution in [2.75, 3.05) is 0 Å². The van der Waals surface area contributed by atoms with Crippen molar-refractivity contribution in [3.05, 3.63) is 0 Å². The third kappa shape index (κ3) is 1.84. The number of amides is 1. The highest BCUT2D eigenvalue weighted by Crippen LogP contribution is 2.30. The molecule has 1 saturated carbocycles. The lowest BCUT2D eigenvalue weighted by atomic mass is 9.77. The first-order chi connectivity index (χ1) is 5.63. The van der Waals surface area contributed by atoms with E-state index in [0.29, 0.717) is 0 Å². The van der Waals surface area contributed by atoms with Crippen LogP contribution in [-0.2, 0) is 9.59 Å². The predicted octanol–water partition coefficient (Wildman–Crippen LogP) is 0.867. The SMILES string of the molecule is CC(=O)[C@@H]1CCCC[C@@H]1C(N)=O. The summed E-state index contributed by atoms with van der Waals surface area (Å²) in [6.07, 6.45) is 3.70. The lowest BCUT2D eigenvalue weighted by molar-refractivity contribution is -0.132. The van der Waals surface area contributed by atoms with Gasteiger partial charge in [-0.3, -0.25) is 9.59 Å². The second kappa shape index (κ2) is 3.70. The molecular formula is C9H15NO2. The Morgan fingerprint density at radius 3 is 2.00 bits per heavy atom. The summed E-state index contributed by atoms with van der Waals surface area (Å²) in [7, 11) is 0. The molecule has 0 aromatic carbocycles. The van der Waals surface area contributed by atoms with Crippen LogP contribution in [0.2, 0.25) is 0 Å². The van der Waals surface area contributed by atoms with Gasteiger partial charge in [-0.05, 0) is 19.8 Å². The maximum atomic E-state index is 11.1. The molecule has 1 aliphatic carbocycles. The van der Waals surface area contributed by atoms with Crippen molar-refractivity contribution in [3.63, 3.8) is 0 Å². The standard InChI is InChI=1S/C9H15NO2/c1-6(11)7-4-2-3-5-8(7)9(10)12/h7-8H,2-5H2,1H3,(H2,10,12)/t7-,8-/m0/s1. The van der Waals surface area contributed by atoms with Crippen LogP contribution in [0.25, 0.3) is 0 Å². The smallest absolute Gasteiger partial charge is 0.221 e. The summed E-state index contributed by atoms with van der Waals surface area (Å²) >= 11 is 0. The lowest BCUT2D eigenvalue weighted by Gasteiger charge is -2.26. The van der Waals surface area contributed by atoms with Gasteiger partial charge in [-0.25, -0.2) is 0 Å². The zero-order valence-corrected chi connectivity index (χ0v) is 7.38. The molecule has 2 atom stereocenters. The van der Waals surface area contributed by atoms with E-state index in [2.05, 4.69) is 0 Å². The number of carbonyl (C=O) groups excluding carboxylic acids is 2. The molecule has 0 heterocycles. The largest absolute Gasteiger partial charge is 0.369 e. The van der Waals surface area contributed by atoms with Gasteiger partial charge in [0.25, 0.3) is 0 Å². The highest BCUT2D eigenvalue weighted by Gasteiger charge is 2.31. The molecule has 3 nitrogen and oxygen atoms in total. The van der Waals surface area contributed by atoms with E-state index in [1.165, 1.54) is 0 Å². The first-order valence-electron chi connectivity index (χ1n) is 4.42. The van der Waals surface area contributed by atoms with Gasteiger partial charge in [0, 0.05) is 11.8 Å². The van der Waals surface area contributed by atoms with Gasteiger partial charge in [0.15, 0.2) is 0 Å². The van der Waals surface area contributed by atoms with Crippen molar-refractivity contribution >= 4 is 11.7 Å². The topological polar surface area (TPSA) is 60.2 Å². The van der Waals surface area contributed by atoms with Crippen LogP contribution in [0.5, 0.6) is 0 Å². The number of Topliss-reactive ketones (excluding diaryl/α,β-unsaturated/α-hetero) is 1. The van der Waals surface area contributed by atoms with Crippen molar-refractivity contribution < 1.29 is 9.59 Å². The molecule has 68 valence electrons. The molecule has 0 unspecified atom stereocenters. The zero-order chi connectivity index (χ0) is 9.14. The van der Waals surface area contributed by atoms with Gasteiger partial charge >= 0.3 is 0 Å². The van der Waals surface area contributed by atoms with E-state index in [-0.39, 0.29) is 23.5 Å². The van der Waals surface area contributed by atoms with Crippen molar-refractivity contribution in [2.24, 2.45) is 17.6 Å². The molecule has 12 heavy (non-hydrogen) atoms. The van der Waals surface area contributed by atoms with E-state index < -0.39 is 0 Å². The lowest BCUT2D eigenvalue weighted by Crippen LogP contribution is -2.35. The minimum Gasteiger partial charge on any atom is -0.369 e. The number of nitrogens with two attached hydrogens (primary N) is 1. The van der Waals surface area contributed by atoms with Crippen molar-refractivity contribution in [2.45, 2.75) is 32.6 Å². The van der Waals surface area contributed by atoms with Crippen LogP contribution in [0.3, 0.4) is 0 Å². The third-order valence-corrected chi connectivity index (χ3v) is 2.65. The first kappa shape index (κ1) is 9.23. The van der Waals surface area contributed by atoms with E-state index in [9.17, 15) is 9.59 Å². The van der Waals surface area contributed by atoms with E-state index in [4.69, 9.17) is 5.73 Å². The first-order valence-corrected chi connectivity index (χ1v) is 4.42. The Bertz CT molecular complexity index is 179. The molecule has 1 amide bonds. The summed E-state index contributed by atoms with van der Waals surface area (Å²) in [5.74, 6) is -0.499. The summed E-state index contributed by atoms with van der Waals surface area (Å²) in [6, 6.07) is 0. The van der Waals surface area contributed by atoms with Gasteiger partial charge in [0.05, 0.1) is 0 Å². The average Bonchev–Trinajstić information content (AvgIpc) is 2.04. The Hall–Kier alpha value is -0.860. The molecule has 1 fully saturated rings. The van der Waals surface area contributed by atoms with Crippen LogP contribution >= 0.6 is 0 Å². The summed E-state index contributed by atoms with van der Waals surface area (Å²) in [5, 5.41) is 0. The summed E-state index contributed by atoms with van der Waals surface area (Å²) < 4.78 is 0. The molecule has 0 aromatic rings. The van der Waals surface area contributed by atoms with E-state index >= 15 is 0 Å². The normalized spacial score (nSPS) is 29.8. The minimum absolute atomic E-state index is 0.101. The zero-order valence-electron chi connectivity index (χ0n) is 7.38. The van der Waals surface area contributed by atoms with Gasteiger partial charge in [0.1, 0.15) is 5.78 Å². The van der Waals surface area contributed by atoms with Crippen molar-refractivity contribution in [1.82, 2.24) is 0 Å². The summed E-state index contributed by atoms with van der Waals surface area (Å²) in [5.41, 5.74) is 5.20. The molecule has 0 saturated heterocycles. The fourth-order valence-electron chi connectivity index (χ4n) is 1.96. The second-order valence-corrected chi connectivity index (χ2v) is 3.51. The summed E-state index contributed by atoms with van der Waals surface area (Å²) in [6.45, 7) is 1.55. The fraction of sp³-hybridized carbons (Fsp3) is 0.778. The van der Waals surface area contributed by atoms with E-state index in [1.807, 2.05) is 0 Å². The monoisotopic (exact) mass is 169 g/mol. The van der Waals surface area contributed by atoms with Gasteiger partial charge in [-0.2, -0.15) is 0 Å². The highest BCUT2D eigenvalue weighted by molar-refractivity contribution is 5.86. The molecule has 2 N–H and O–H groups in total. The van der Waals surface area contributed by atoms with Gasteiger partial charge in [0.2, 0.25) is 5.91 Å².